The van der Waals surface area contributed by atoms with E-state index in [4.69, 9.17) is 0 Å². The van der Waals surface area contributed by atoms with Gasteiger partial charge in [-0.2, -0.15) is 0 Å². The molecular formula is C18H20N4. The number of benzene rings is 2. The SMILES string of the molecule is c1ccc2cc([C@@H]([C@H]3CCCNC3)n3cnnc3)ccc2c1. The highest BCUT2D eigenvalue weighted by Crippen LogP contribution is 2.32. The molecule has 4 rings (SSSR count). The first kappa shape index (κ1) is 13.5. The summed E-state index contributed by atoms with van der Waals surface area (Å²) in [5.41, 5.74) is 1.34. The predicted octanol–water partition coefficient (Wildman–Crippen LogP) is 3.02. The topological polar surface area (TPSA) is 42.7 Å². The van der Waals surface area contributed by atoms with Crippen LogP contribution in [0.15, 0.2) is 55.1 Å². The molecule has 0 bridgehead atoms. The first-order valence-corrected chi connectivity index (χ1v) is 7.95. The van der Waals surface area contributed by atoms with Crippen LogP contribution in [0.25, 0.3) is 10.8 Å². The van der Waals surface area contributed by atoms with E-state index in [9.17, 15) is 0 Å². The molecule has 1 N–H and O–H groups in total. The first-order valence-electron chi connectivity index (χ1n) is 7.95. The van der Waals surface area contributed by atoms with Gasteiger partial charge in [-0.3, -0.25) is 0 Å². The third-order valence-corrected chi connectivity index (χ3v) is 4.65. The highest BCUT2D eigenvalue weighted by Gasteiger charge is 2.26. The molecule has 0 unspecified atom stereocenters. The molecule has 3 aromatic rings. The zero-order valence-corrected chi connectivity index (χ0v) is 12.5. The lowest BCUT2D eigenvalue weighted by Crippen LogP contribution is -2.35. The van der Waals surface area contributed by atoms with Crippen molar-refractivity contribution in [2.75, 3.05) is 13.1 Å². The number of piperidine rings is 1. The summed E-state index contributed by atoms with van der Waals surface area (Å²) in [4.78, 5) is 0. The predicted molar refractivity (Wildman–Crippen MR) is 87.7 cm³/mol. The van der Waals surface area contributed by atoms with Crippen LogP contribution in [-0.4, -0.2) is 27.9 Å². The fourth-order valence-corrected chi connectivity index (χ4v) is 3.58. The van der Waals surface area contributed by atoms with Gasteiger partial charge in [0, 0.05) is 6.54 Å². The van der Waals surface area contributed by atoms with Crippen LogP contribution in [0, 0.1) is 5.92 Å². The summed E-state index contributed by atoms with van der Waals surface area (Å²) < 4.78 is 2.15. The summed E-state index contributed by atoms with van der Waals surface area (Å²) in [6.45, 7) is 2.18. The molecule has 1 aliphatic heterocycles. The lowest BCUT2D eigenvalue weighted by atomic mass is 9.86. The standard InChI is InChI=1S/C18H20N4/c1-2-5-15-10-16(8-7-14(15)4-1)18(22-12-20-21-13-22)17-6-3-9-19-11-17/h1-2,4-5,7-8,10,12-13,17-19H,3,6,9,11H2/t17-,18-/m0/s1. The van der Waals surface area contributed by atoms with Gasteiger partial charge in [-0.1, -0.05) is 36.4 Å². The molecule has 2 heterocycles. The van der Waals surface area contributed by atoms with Gasteiger partial charge in [0.2, 0.25) is 0 Å². The maximum atomic E-state index is 4.02. The lowest BCUT2D eigenvalue weighted by molar-refractivity contribution is 0.295. The van der Waals surface area contributed by atoms with Crippen molar-refractivity contribution in [3.8, 4) is 0 Å². The average Bonchev–Trinajstić information content (AvgIpc) is 3.10. The smallest absolute Gasteiger partial charge is 0.119 e. The lowest BCUT2D eigenvalue weighted by Gasteiger charge is -2.31. The van der Waals surface area contributed by atoms with E-state index in [0.29, 0.717) is 12.0 Å². The number of rotatable bonds is 3. The maximum absolute atomic E-state index is 4.02. The summed E-state index contributed by atoms with van der Waals surface area (Å²) >= 11 is 0. The van der Waals surface area contributed by atoms with E-state index < -0.39 is 0 Å². The molecule has 2 aromatic carbocycles. The Morgan fingerprint density at radius 3 is 2.64 bits per heavy atom. The molecule has 112 valence electrons. The monoisotopic (exact) mass is 292 g/mol. The summed E-state index contributed by atoms with van der Waals surface area (Å²) in [7, 11) is 0. The Bertz CT molecular complexity index is 745. The third-order valence-electron chi connectivity index (χ3n) is 4.65. The average molecular weight is 292 g/mol. The number of nitrogens with one attached hydrogen (secondary N) is 1. The van der Waals surface area contributed by atoms with Crippen molar-refractivity contribution in [3.05, 3.63) is 60.7 Å². The minimum Gasteiger partial charge on any atom is -0.316 e. The minimum atomic E-state index is 0.299. The third kappa shape index (κ3) is 2.50. The Kier molecular flexibility index (Phi) is 3.60. The van der Waals surface area contributed by atoms with Crippen LogP contribution in [0.5, 0.6) is 0 Å². The Labute approximate surface area is 130 Å². The van der Waals surface area contributed by atoms with E-state index in [-0.39, 0.29) is 0 Å². The molecule has 0 radical (unpaired) electrons. The quantitative estimate of drug-likeness (QED) is 0.807. The normalized spacial score (nSPS) is 20.1. The summed E-state index contributed by atoms with van der Waals surface area (Å²) in [6, 6.07) is 15.6. The van der Waals surface area contributed by atoms with E-state index in [1.807, 2.05) is 12.7 Å². The molecule has 4 nitrogen and oxygen atoms in total. The summed E-state index contributed by atoms with van der Waals surface area (Å²) in [5, 5.41) is 14.1. The van der Waals surface area contributed by atoms with Gasteiger partial charge in [-0.05, 0) is 47.7 Å². The summed E-state index contributed by atoms with van der Waals surface area (Å²) in [5.74, 6) is 0.575. The van der Waals surface area contributed by atoms with Crippen LogP contribution < -0.4 is 5.32 Å². The van der Waals surface area contributed by atoms with Crippen molar-refractivity contribution in [3.63, 3.8) is 0 Å². The van der Waals surface area contributed by atoms with Crippen molar-refractivity contribution < 1.29 is 0 Å². The largest absolute Gasteiger partial charge is 0.316 e. The van der Waals surface area contributed by atoms with Crippen molar-refractivity contribution >= 4 is 10.8 Å². The highest BCUT2D eigenvalue weighted by atomic mass is 15.2. The molecule has 0 saturated carbocycles. The molecule has 1 aliphatic rings. The van der Waals surface area contributed by atoms with Gasteiger partial charge in [-0.25, -0.2) is 0 Å². The molecular weight excluding hydrogens is 272 g/mol. The van der Waals surface area contributed by atoms with Gasteiger partial charge in [0.15, 0.2) is 0 Å². The molecule has 1 saturated heterocycles. The van der Waals surface area contributed by atoms with E-state index in [0.717, 1.165) is 13.1 Å². The van der Waals surface area contributed by atoms with Crippen LogP contribution in [-0.2, 0) is 0 Å². The van der Waals surface area contributed by atoms with Gasteiger partial charge in [-0.15, -0.1) is 10.2 Å². The van der Waals surface area contributed by atoms with Crippen LogP contribution in [0.3, 0.4) is 0 Å². The van der Waals surface area contributed by atoms with Gasteiger partial charge in [0.1, 0.15) is 12.7 Å². The molecule has 2 atom stereocenters. The number of hydrogen-bond donors (Lipinski definition) is 1. The van der Waals surface area contributed by atoms with Crippen LogP contribution in [0.1, 0.15) is 24.4 Å². The van der Waals surface area contributed by atoms with Gasteiger partial charge >= 0.3 is 0 Å². The highest BCUT2D eigenvalue weighted by molar-refractivity contribution is 5.83. The zero-order chi connectivity index (χ0) is 14.8. The number of nitrogens with zero attached hydrogens (tertiary/aromatic N) is 3. The van der Waals surface area contributed by atoms with Crippen molar-refractivity contribution in [1.29, 1.82) is 0 Å². The maximum Gasteiger partial charge on any atom is 0.119 e. The minimum absolute atomic E-state index is 0.299. The second-order valence-corrected chi connectivity index (χ2v) is 6.07. The van der Waals surface area contributed by atoms with Crippen molar-refractivity contribution in [1.82, 2.24) is 20.1 Å². The Morgan fingerprint density at radius 2 is 1.86 bits per heavy atom. The first-order chi connectivity index (χ1) is 10.9. The van der Waals surface area contributed by atoms with Gasteiger partial charge in [0.25, 0.3) is 0 Å². The van der Waals surface area contributed by atoms with E-state index in [1.165, 1.54) is 29.2 Å². The molecule has 0 spiro atoms. The van der Waals surface area contributed by atoms with E-state index in [2.05, 4.69) is 62.5 Å². The van der Waals surface area contributed by atoms with Crippen LogP contribution in [0.4, 0.5) is 0 Å². The van der Waals surface area contributed by atoms with Gasteiger partial charge in [0.05, 0.1) is 6.04 Å². The number of fused-ring (bicyclic) bond motifs is 1. The molecule has 4 heteroatoms. The molecule has 1 fully saturated rings. The van der Waals surface area contributed by atoms with Gasteiger partial charge < -0.3 is 9.88 Å². The van der Waals surface area contributed by atoms with Crippen LogP contribution >= 0.6 is 0 Å². The Balaban J connectivity index is 1.78. The molecule has 0 aliphatic carbocycles. The van der Waals surface area contributed by atoms with Crippen molar-refractivity contribution in [2.45, 2.75) is 18.9 Å². The Morgan fingerprint density at radius 1 is 1.05 bits per heavy atom. The number of hydrogen-bond acceptors (Lipinski definition) is 3. The molecule has 22 heavy (non-hydrogen) atoms. The fraction of sp³-hybridized carbons (Fsp3) is 0.333. The van der Waals surface area contributed by atoms with Crippen LogP contribution in [0.2, 0.25) is 0 Å². The van der Waals surface area contributed by atoms with E-state index in [1.54, 1.807) is 0 Å². The molecule has 1 aromatic heterocycles. The van der Waals surface area contributed by atoms with E-state index >= 15 is 0 Å². The second-order valence-electron chi connectivity index (χ2n) is 6.07. The van der Waals surface area contributed by atoms with Crippen molar-refractivity contribution in [2.24, 2.45) is 5.92 Å². The summed E-state index contributed by atoms with van der Waals surface area (Å²) in [6.07, 6.45) is 6.16. The molecule has 0 amide bonds. The second kappa shape index (κ2) is 5.89. The zero-order valence-electron chi connectivity index (χ0n) is 12.5. The Hall–Kier alpha value is -2.20. The number of aromatic nitrogens is 3. The fourth-order valence-electron chi connectivity index (χ4n) is 3.58.